The molecule has 1 aliphatic heterocycles. The molecule has 0 aliphatic carbocycles. The number of amides is 1. The summed E-state index contributed by atoms with van der Waals surface area (Å²) in [5, 5.41) is 6.95. The Bertz CT molecular complexity index is 1120. The maximum absolute atomic E-state index is 12.1. The Labute approximate surface area is 166 Å². The Morgan fingerprint density at radius 3 is 2.66 bits per heavy atom. The van der Waals surface area contributed by atoms with Crippen LogP contribution in [0.4, 0.5) is 17.5 Å². The fourth-order valence-corrected chi connectivity index (χ4v) is 3.43. The van der Waals surface area contributed by atoms with Crippen LogP contribution in [-0.2, 0) is 0 Å². The molecule has 0 spiro atoms. The molecule has 0 bridgehead atoms. The van der Waals surface area contributed by atoms with E-state index in [9.17, 15) is 4.79 Å². The lowest BCUT2D eigenvalue weighted by atomic mass is 10.2. The van der Waals surface area contributed by atoms with Crippen LogP contribution >= 0.6 is 0 Å². The maximum atomic E-state index is 12.1. The average Bonchev–Trinajstić information content (AvgIpc) is 3.44. The predicted molar refractivity (Wildman–Crippen MR) is 108 cm³/mol. The van der Waals surface area contributed by atoms with E-state index in [0.29, 0.717) is 5.65 Å². The van der Waals surface area contributed by atoms with E-state index < -0.39 is 0 Å². The van der Waals surface area contributed by atoms with Gasteiger partial charge in [0, 0.05) is 50.3 Å². The first kappa shape index (κ1) is 17.2. The molecule has 146 valence electrons. The van der Waals surface area contributed by atoms with Crippen molar-refractivity contribution in [2.24, 2.45) is 0 Å². The number of piperazine rings is 1. The lowest BCUT2D eigenvalue weighted by molar-refractivity contribution is 0.0996. The predicted octanol–water partition coefficient (Wildman–Crippen LogP) is 2.30. The first-order valence-electron chi connectivity index (χ1n) is 9.38. The highest BCUT2D eigenvalue weighted by Crippen LogP contribution is 2.21. The van der Waals surface area contributed by atoms with Crippen molar-refractivity contribution in [3.63, 3.8) is 0 Å². The molecule has 0 radical (unpaired) electrons. The monoisotopic (exact) mass is 389 g/mol. The Morgan fingerprint density at radius 1 is 1.03 bits per heavy atom. The third-order valence-electron chi connectivity index (χ3n) is 4.91. The van der Waals surface area contributed by atoms with E-state index >= 15 is 0 Å². The zero-order chi connectivity index (χ0) is 19.6. The Hall–Kier alpha value is -3.88. The minimum atomic E-state index is -0.378. The number of nitrogens with zero attached hydrogens (tertiary/aromatic N) is 6. The lowest BCUT2D eigenvalue weighted by Gasteiger charge is -2.36. The minimum absolute atomic E-state index is 0.218. The maximum Gasteiger partial charge on any atom is 0.293 e. The first-order chi connectivity index (χ1) is 14.3. The van der Waals surface area contributed by atoms with Gasteiger partial charge >= 0.3 is 0 Å². The first-order valence-corrected chi connectivity index (χ1v) is 9.38. The fraction of sp³-hybridized carbons (Fsp3) is 0.200. The molecule has 5 heterocycles. The van der Waals surface area contributed by atoms with Crippen LogP contribution < -0.4 is 15.1 Å². The van der Waals surface area contributed by atoms with Gasteiger partial charge in [0.15, 0.2) is 11.4 Å². The van der Waals surface area contributed by atoms with Crippen molar-refractivity contribution in [1.29, 1.82) is 0 Å². The molecule has 9 nitrogen and oxygen atoms in total. The highest BCUT2D eigenvalue weighted by atomic mass is 16.3. The smallest absolute Gasteiger partial charge is 0.293 e. The molecule has 0 atom stereocenters. The molecule has 1 N–H and O–H groups in total. The van der Waals surface area contributed by atoms with E-state index in [1.807, 2.05) is 42.7 Å². The van der Waals surface area contributed by atoms with Crippen molar-refractivity contribution >= 4 is 29.0 Å². The molecule has 1 saturated heterocycles. The zero-order valence-electron chi connectivity index (χ0n) is 15.6. The highest BCUT2D eigenvalue weighted by Gasteiger charge is 2.19. The van der Waals surface area contributed by atoms with Gasteiger partial charge in [-0.3, -0.25) is 10.1 Å². The van der Waals surface area contributed by atoms with Gasteiger partial charge in [-0.25, -0.2) is 9.50 Å². The van der Waals surface area contributed by atoms with Crippen molar-refractivity contribution in [3.8, 4) is 0 Å². The molecule has 4 aromatic rings. The van der Waals surface area contributed by atoms with Crippen LogP contribution in [-0.4, -0.2) is 51.7 Å². The summed E-state index contributed by atoms with van der Waals surface area (Å²) < 4.78 is 6.74. The molecule has 0 unspecified atom stereocenters. The van der Waals surface area contributed by atoms with Gasteiger partial charge in [0.25, 0.3) is 5.91 Å². The van der Waals surface area contributed by atoms with Crippen LogP contribution in [0.2, 0.25) is 0 Å². The van der Waals surface area contributed by atoms with Gasteiger partial charge in [0.2, 0.25) is 5.95 Å². The zero-order valence-corrected chi connectivity index (χ0v) is 15.6. The number of pyridine rings is 2. The molecule has 1 aliphatic rings. The number of hydrogen-bond donors (Lipinski definition) is 1. The average molecular weight is 389 g/mol. The van der Waals surface area contributed by atoms with Crippen molar-refractivity contribution in [3.05, 3.63) is 66.9 Å². The number of rotatable bonds is 4. The van der Waals surface area contributed by atoms with Crippen molar-refractivity contribution in [2.45, 2.75) is 0 Å². The number of aromatic nitrogens is 4. The van der Waals surface area contributed by atoms with Crippen LogP contribution in [0.3, 0.4) is 0 Å². The Kier molecular flexibility index (Phi) is 4.32. The molecule has 1 fully saturated rings. The summed E-state index contributed by atoms with van der Waals surface area (Å²) in [6.45, 7) is 3.59. The molecule has 4 aromatic heterocycles. The summed E-state index contributed by atoms with van der Waals surface area (Å²) in [6, 6.07) is 13.2. The Morgan fingerprint density at radius 2 is 1.90 bits per heavy atom. The normalized spacial score (nSPS) is 14.3. The summed E-state index contributed by atoms with van der Waals surface area (Å²) in [6.07, 6.45) is 5.13. The van der Waals surface area contributed by atoms with Crippen LogP contribution in [0.5, 0.6) is 0 Å². The quantitative estimate of drug-likeness (QED) is 0.572. The second kappa shape index (κ2) is 7.27. The number of carbonyl (C=O) groups is 1. The molecule has 1 amide bonds. The third kappa shape index (κ3) is 3.49. The number of nitrogens with one attached hydrogen (secondary N) is 1. The molecule has 0 aromatic carbocycles. The van der Waals surface area contributed by atoms with Gasteiger partial charge in [-0.2, -0.15) is 4.98 Å². The van der Waals surface area contributed by atoms with Crippen LogP contribution in [0.1, 0.15) is 10.6 Å². The highest BCUT2D eigenvalue weighted by molar-refractivity contribution is 6.01. The van der Waals surface area contributed by atoms with E-state index in [0.717, 1.165) is 37.7 Å². The van der Waals surface area contributed by atoms with Gasteiger partial charge in [-0.05, 0) is 30.3 Å². The van der Waals surface area contributed by atoms with Crippen molar-refractivity contribution in [2.75, 3.05) is 41.3 Å². The topological polar surface area (TPSA) is 91.8 Å². The number of hydrogen-bond acceptors (Lipinski definition) is 7. The van der Waals surface area contributed by atoms with E-state index in [1.165, 1.54) is 6.26 Å². The number of furan rings is 1. The molecule has 9 heteroatoms. The standard InChI is InChI=1S/C20H19N7O2/c28-19(16-4-3-13-29-16)23-20-22-18-14-15(6-8-27(18)24-20)25-9-11-26(12-10-25)17-5-1-2-7-21-17/h1-8,13-14H,9-12H2,(H,23,24,28). The summed E-state index contributed by atoms with van der Waals surface area (Å²) in [5.74, 6) is 1.09. The van der Waals surface area contributed by atoms with Gasteiger partial charge in [-0.15, -0.1) is 5.10 Å². The van der Waals surface area contributed by atoms with Gasteiger partial charge < -0.3 is 14.2 Å². The van der Waals surface area contributed by atoms with Crippen LogP contribution in [0.25, 0.3) is 5.65 Å². The van der Waals surface area contributed by atoms with E-state index in [1.54, 1.807) is 16.6 Å². The van der Waals surface area contributed by atoms with Crippen LogP contribution in [0.15, 0.2) is 65.5 Å². The largest absolute Gasteiger partial charge is 0.459 e. The molecule has 29 heavy (non-hydrogen) atoms. The van der Waals surface area contributed by atoms with E-state index in [2.05, 4.69) is 30.2 Å². The third-order valence-corrected chi connectivity index (χ3v) is 4.91. The minimum Gasteiger partial charge on any atom is -0.459 e. The van der Waals surface area contributed by atoms with Gasteiger partial charge in [0.1, 0.15) is 5.82 Å². The van der Waals surface area contributed by atoms with E-state index in [-0.39, 0.29) is 17.6 Å². The van der Waals surface area contributed by atoms with Gasteiger partial charge in [-0.1, -0.05) is 6.07 Å². The van der Waals surface area contributed by atoms with Gasteiger partial charge in [0.05, 0.1) is 6.26 Å². The second-order valence-electron chi connectivity index (χ2n) is 6.72. The molecule has 5 rings (SSSR count). The summed E-state index contributed by atoms with van der Waals surface area (Å²) in [5.41, 5.74) is 1.75. The summed E-state index contributed by atoms with van der Waals surface area (Å²) in [7, 11) is 0. The van der Waals surface area contributed by atoms with Crippen LogP contribution in [0, 0.1) is 0 Å². The number of fused-ring (bicyclic) bond motifs is 1. The van der Waals surface area contributed by atoms with Crippen molar-refractivity contribution in [1.82, 2.24) is 19.6 Å². The molecular formula is C20H19N7O2. The summed E-state index contributed by atoms with van der Waals surface area (Å²) >= 11 is 0. The Balaban J connectivity index is 1.28. The molecular weight excluding hydrogens is 370 g/mol. The second-order valence-corrected chi connectivity index (χ2v) is 6.72. The number of carbonyl (C=O) groups excluding carboxylic acids is 1. The SMILES string of the molecule is O=C(Nc1nc2cc(N3CCN(c4ccccn4)CC3)ccn2n1)c1ccco1. The fourth-order valence-electron chi connectivity index (χ4n) is 3.43. The number of anilines is 3. The summed E-state index contributed by atoms with van der Waals surface area (Å²) in [4.78, 5) is 25.5. The van der Waals surface area contributed by atoms with Crippen molar-refractivity contribution < 1.29 is 9.21 Å². The lowest BCUT2D eigenvalue weighted by Crippen LogP contribution is -2.46. The van der Waals surface area contributed by atoms with E-state index in [4.69, 9.17) is 4.42 Å². The molecule has 0 saturated carbocycles.